The second-order valence-electron chi connectivity index (χ2n) is 5.78. The highest BCUT2D eigenvalue weighted by molar-refractivity contribution is 5.50. The van der Waals surface area contributed by atoms with Crippen LogP contribution in [-0.4, -0.2) is 45.2 Å². The van der Waals surface area contributed by atoms with Crippen molar-refractivity contribution in [3.05, 3.63) is 23.9 Å². The number of anilines is 1. The predicted octanol–water partition coefficient (Wildman–Crippen LogP) is 1.54. The Bertz CT molecular complexity index is 597. The highest BCUT2D eigenvalue weighted by atomic mass is 15.4. The van der Waals surface area contributed by atoms with Gasteiger partial charge in [0, 0.05) is 18.8 Å². The third kappa shape index (κ3) is 1.89. The highest BCUT2D eigenvalue weighted by Gasteiger charge is 2.34. The SMILES string of the molecule is Cc1cccn2nc(NC3CN4CCC3CC4)nc12. The van der Waals surface area contributed by atoms with Gasteiger partial charge in [-0.25, -0.2) is 4.52 Å². The summed E-state index contributed by atoms with van der Waals surface area (Å²) in [6, 6.07) is 4.59. The Morgan fingerprint density at radius 1 is 1.32 bits per heavy atom. The smallest absolute Gasteiger partial charge is 0.243 e. The van der Waals surface area contributed by atoms with E-state index >= 15 is 0 Å². The van der Waals surface area contributed by atoms with Crippen LogP contribution < -0.4 is 5.32 Å². The van der Waals surface area contributed by atoms with Crippen molar-refractivity contribution in [2.24, 2.45) is 5.92 Å². The zero-order valence-electron chi connectivity index (χ0n) is 11.2. The number of fused-ring (bicyclic) bond motifs is 4. The molecule has 100 valence electrons. The number of aryl methyl sites for hydroxylation is 1. The first-order chi connectivity index (χ1) is 9.29. The molecule has 0 aliphatic carbocycles. The van der Waals surface area contributed by atoms with Crippen LogP contribution in [0.5, 0.6) is 0 Å². The second kappa shape index (κ2) is 4.20. The van der Waals surface area contributed by atoms with Gasteiger partial charge in [0.2, 0.25) is 5.95 Å². The summed E-state index contributed by atoms with van der Waals surface area (Å²) in [5.74, 6) is 1.56. The van der Waals surface area contributed by atoms with Crippen LogP contribution in [0.1, 0.15) is 18.4 Å². The van der Waals surface area contributed by atoms with E-state index in [0.717, 1.165) is 29.6 Å². The molecule has 1 N–H and O–H groups in total. The van der Waals surface area contributed by atoms with Gasteiger partial charge < -0.3 is 10.2 Å². The van der Waals surface area contributed by atoms with E-state index in [1.54, 1.807) is 0 Å². The summed E-state index contributed by atoms with van der Waals surface area (Å²) in [7, 11) is 0. The third-order valence-electron chi connectivity index (χ3n) is 4.53. The molecule has 5 heterocycles. The van der Waals surface area contributed by atoms with Crippen LogP contribution in [0.15, 0.2) is 18.3 Å². The summed E-state index contributed by atoms with van der Waals surface area (Å²) in [6.45, 7) is 5.74. The molecule has 0 aromatic carbocycles. The Labute approximate surface area is 112 Å². The maximum Gasteiger partial charge on any atom is 0.243 e. The zero-order valence-corrected chi connectivity index (χ0v) is 11.2. The molecule has 0 radical (unpaired) electrons. The molecule has 2 bridgehead atoms. The van der Waals surface area contributed by atoms with Crippen LogP contribution in [0.25, 0.3) is 5.65 Å². The largest absolute Gasteiger partial charge is 0.349 e. The minimum atomic E-state index is 0.514. The number of pyridine rings is 1. The van der Waals surface area contributed by atoms with E-state index in [4.69, 9.17) is 0 Å². The van der Waals surface area contributed by atoms with Crippen molar-refractivity contribution < 1.29 is 0 Å². The van der Waals surface area contributed by atoms with Gasteiger partial charge in [-0.05, 0) is 50.4 Å². The fraction of sp³-hybridized carbons (Fsp3) is 0.571. The lowest BCUT2D eigenvalue weighted by Gasteiger charge is -2.44. The molecule has 0 amide bonds. The van der Waals surface area contributed by atoms with Gasteiger partial charge in [0.25, 0.3) is 0 Å². The van der Waals surface area contributed by atoms with Crippen molar-refractivity contribution in [2.45, 2.75) is 25.8 Å². The average molecular weight is 257 g/mol. The van der Waals surface area contributed by atoms with Crippen LogP contribution in [0.2, 0.25) is 0 Å². The topological polar surface area (TPSA) is 45.5 Å². The summed E-state index contributed by atoms with van der Waals surface area (Å²) in [6.07, 6.45) is 4.57. The predicted molar refractivity (Wildman–Crippen MR) is 74.3 cm³/mol. The van der Waals surface area contributed by atoms with Crippen LogP contribution in [-0.2, 0) is 0 Å². The minimum Gasteiger partial charge on any atom is -0.349 e. The zero-order chi connectivity index (χ0) is 12.8. The van der Waals surface area contributed by atoms with Gasteiger partial charge in [0.05, 0.1) is 0 Å². The Morgan fingerprint density at radius 2 is 2.16 bits per heavy atom. The van der Waals surface area contributed by atoms with Crippen molar-refractivity contribution in [1.29, 1.82) is 0 Å². The van der Waals surface area contributed by atoms with Gasteiger partial charge in [-0.15, -0.1) is 5.10 Å². The Morgan fingerprint density at radius 3 is 2.84 bits per heavy atom. The summed E-state index contributed by atoms with van der Waals surface area (Å²) < 4.78 is 1.86. The summed E-state index contributed by atoms with van der Waals surface area (Å²) in [5.41, 5.74) is 2.11. The molecule has 0 saturated carbocycles. The van der Waals surface area contributed by atoms with Crippen LogP contribution >= 0.6 is 0 Å². The van der Waals surface area contributed by atoms with Crippen molar-refractivity contribution >= 4 is 11.6 Å². The van der Waals surface area contributed by atoms with Gasteiger partial charge in [-0.1, -0.05) is 6.07 Å². The molecule has 19 heavy (non-hydrogen) atoms. The Kier molecular flexibility index (Phi) is 2.48. The van der Waals surface area contributed by atoms with Gasteiger partial charge >= 0.3 is 0 Å². The fourth-order valence-corrected chi connectivity index (χ4v) is 3.40. The van der Waals surface area contributed by atoms with Crippen LogP contribution in [0.4, 0.5) is 5.95 Å². The van der Waals surface area contributed by atoms with Crippen LogP contribution in [0, 0.1) is 12.8 Å². The second-order valence-corrected chi connectivity index (χ2v) is 5.78. The first-order valence-corrected chi connectivity index (χ1v) is 7.10. The number of hydrogen-bond acceptors (Lipinski definition) is 4. The van der Waals surface area contributed by atoms with E-state index < -0.39 is 0 Å². The van der Waals surface area contributed by atoms with E-state index in [1.807, 2.05) is 16.8 Å². The normalized spacial score (nSPS) is 29.8. The molecule has 0 spiro atoms. The van der Waals surface area contributed by atoms with E-state index in [2.05, 4.69) is 33.3 Å². The maximum atomic E-state index is 4.61. The maximum absolute atomic E-state index is 4.61. The summed E-state index contributed by atoms with van der Waals surface area (Å²) in [4.78, 5) is 7.15. The lowest BCUT2D eigenvalue weighted by Crippen LogP contribution is -2.53. The lowest BCUT2D eigenvalue weighted by atomic mass is 9.84. The number of nitrogens with one attached hydrogen (secondary N) is 1. The van der Waals surface area contributed by atoms with Gasteiger partial charge in [0.1, 0.15) is 0 Å². The molecule has 5 heteroatoms. The molecule has 3 aliphatic heterocycles. The average Bonchev–Trinajstić information content (AvgIpc) is 2.84. The highest BCUT2D eigenvalue weighted by Crippen LogP contribution is 2.29. The van der Waals surface area contributed by atoms with Gasteiger partial charge in [0.15, 0.2) is 5.65 Å². The fourth-order valence-electron chi connectivity index (χ4n) is 3.40. The third-order valence-corrected chi connectivity index (χ3v) is 4.53. The standard InChI is InChI=1S/C14H19N5/c1-10-3-2-6-19-13(10)16-14(17-19)15-12-9-18-7-4-11(12)5-8-18/h2-3,6,11-12H,4-5,7-9H2,1H3,(H,15,17). The molecule has 2 aromatic heterocycles. The quantitative estimate of drug-likeness (QED) is 0.886. The molecule has 1 atom stereocenters. The number of hydrogen-bond donors (Lipinski definition) is 1. The molecule has 3 aliphatic rings. The van der Waals surface area contributed by atoms with Crippen molar-refractivity contribution in [3.63, 3.8) is 0 Å². The van der Waals surface area contributed by atoms with Gasteiger partial charge in [-0.2, -0.15) is 4.98 Å². The van der Waals surface area contributed by atoms with Crippen molar-refractivity contribution in [3.8, 4) is 0 Å². The monoisotopic (exact) mass is 257 g/mol. The molecule has 2 aromatic rings. The van der Waals surface area contributed by atoms with E-state index in [-0.39, 0.29) is 0 Å². The minimum absolute atomic E-state index is 0.514. The molecular formula is C14H19N5. The van der Waals surface area contributed by atoms with Crippen molar-refractivity contribution in [2.75, 3.05) is 25.0 Å². The molecule has 1 unspecified atom stereocenters. The lowest BCUT2D eigenvalue weighted by molar-refractivity contribution is 0.0972. The molecular weight excluding hydrogens is 238 g/mol. The Balaban J connectivity index is 1.60. The number of aromatic nitrogens is 3. The molecule has 5 nitrogen and oxygen atoms in total. The summed E-state index contributed by atoms with van der Waals surface area (Å²) in [5, 5.41) is 8.07. The first kappa shape index (κ1) is 11.2. The van der Waals surface area contributed by atoms with Crippen LogP contribution in [0.3, 0.4) is 0 Å². The summed E-state index contributed by atoms with van der Waals surface area (Å²) >= 11 is 0. The number of rotatable bonds is 2. The first-order valence-electron chi connectivity index (χ1n) is 7.10. The van der Waals surface area contributed by atoms with Crippen molar-refractivity contribution in [1.82, 2.24) is 19.5 Å². The number of nitrogens with zero attached hydrogens (tertiary/aromatic N) is 4. The molecule has 3 fully saturated rings. The van der Waals surface area contributed by atoms with E-state index in [9.17, 15) is 0 Å². The van der Waals surface area contributed by atoms with E-state index in [0.29, 0.717) is 6.04 Å². The molecule has 5 rings (SSSR count). The van der Waals surface area contributed by atoms with E-state index in [1.165, 1.54) is 25.9 Å². The molecule has 3 saturated heterocycles. The van der Waals surface area contributed by atoms with Gasteiger partial charge in [-0.3, -0.25) is 0 Å². The number of piperidine rings is 3. The Hall–Kier alpha value is -1.62.